The Morgan fingerprint density at radius 1 is 0.900 bits per heavy atom. The van der Waals surface area contributed by atoms with Crippen LogP contribution in [0.15, 0.2) is 91.0 Å². The van der Waals surface area contributed by atoms with Crippen LogP contribution in [-0.4, -0.2) is 60.4 Å². The minimum Gasteiger partial charge on any atom is -0.462 e. The first kappa shape index (κ1) is 34.9. The number of fused-ring (bicyclic) bond motifs is 3. The molecule has 0 spiro atoms. The van der Waals surface area contributed by atoms with Crippen LogP contribution in [0.5, 0.6) is 0 Å². The quantitative estimate of drug-likeness (QED) is 0.183. The van der Waals surface area contributed by atoms with Gasteiger partial charge in [0.1, 0.15) is 19.3 Å². The molecule has 0 radical (unpaired) electrons. The maximum Gasteiger partial charge on any atom is 0.407 e. The Balaban J connectivity index is 1.13. The highest BCUT2D eigenvalue weighted by Crippen LogP contribution is 2.44. The van der Waals surface area contributed by atoms with E-state index in [0.717, 1.165) is 40.7 Å². The number of hydrogen-bond donors (Lipinski definition) is 4. The molecule has 2 aliphatic carbocycles. The number of carbonyl (C=O) groups is 4. The fraction of sp³-hybridized carbons (Fsp3) is 0.400. The summed E-state index contributed by atoms with van der Waals surface area (Å²) >= 11 is 0. The lowest BCUT2D eigenvalue weighted by molar-refractivity contribution is -0.147. The molecule has 3 atom stereocenters. The molecular weight excluding hydrogens is 634 g/mol. The Kier molecular flexibility index (Phi) is 11.3. The number of nitrogens with one attached hydrogen (secondary N) is 3. The Morgan fingerprint density at radius 3 is 2.24 bits per heavy atom. The number of esters is 1. The van der Waals surface area contributed by atoms with Crippen molar-refractivity contribution in [1.29, 1.82) is 0 Å². The second-order valence-corrected chi connectivity index (χ2v) is 13.5. The summed E-state index contributed by atoms with van der Waals surface area (Å²) in [6.07, 6.45) is 7.15. The van der Waals surface area contributed by atoms with Crippen molar-refractivity contribution in [2.75, 3.05) is 19.8 Å². The summed E-state index contributed by atoms with van der Waals surface area (Å²) in [5, 5.41) is 18.7. The lowest BCUT2D eigenvalue weighted by Gasteiger charge is -2.29. The zero-order valence-electron chi connectivity index (χ0n) is 28.1. The molecule has 10 nitrogen and oxygen atoms in total. The number of allylic oxidation sites excluding steroid dienone is 2. The van der Waals surface area contributed by atoms with Crippen molar-refractivity contribution in [2.24, 2.45) is 5.92 Å². The van der Waals surface area contributed by atoms with E-state index in [9.17, 15) is 24.3 Å². The number of aliphatic hydroxyl groups excluding tert-OH is 1. The van der Waals surface area contributed by atoms with Gasteiger partial charge in [0.2, 0.25) is 11.8 Å². The van der Waals surface area contributed by atoms with Gasteiger partial charge in [-0.1, -0.05) is 104 Å². The minimum atomic E-state index is -0.981. The molecule has 0 saturated heterocycles. The second kappa shape index (κ2) is 16.2. The van der Waals surface area contributed by atoms with E-state index in [1.807, 2.05) is 78.9 Å². The van der Waals surface area contributed by atoms with Gasteiger partial charge >= 0.3 is 12.1 Å². The monoisotopic (exact) mass is 679 g/mol. The largest absolute Gasteiger partial charge is 0.462 e. The van der Waals surface area contributed by atoms with Crippen LogP contribution in [0, 0.1) is 5.92 Å². The van der Waals surface area contributed by atoms with Crippen molar-refractivity contribution in [2.45, 2.75) is 74.9 Å². The molecule has 3 amide bonds. The van der Waals surface area contributed by atoms with Gasteiger partial charge in [0.15, 0.2) is 0 Å². The third kappa shape index (κ3) is 8.25. The standard InChI is InChI=1S/C40H45N3O7/c44-26-40(21-11-12-22-40)43-36(45)23-28-15-5-2-6-20-34(38(47)49-25-35(41-37(28)46)27-13-3-1-4-14-27)42-39(48)50-24-33-31-18-9-7-16-29(31)30-17-8-10-19-32(30)33/h1-5,7-10,13-14,16-19,28,33-35,44H,6,11-12,15,20-26H2,(H,41,46)(H,42,48)(H,43,45)/t28-,34+,35+/m1/s1. The van der Waals surface area contributed by atoms with Crippen molar-refractivity contribution in [1.82, 2.24) is 16.0 Å². The van der Waals surface area contributed by atoms with Crippen molar-refractivity contribution >= 4 is 23.9 Å². The van der Waals surface area contributed by atoms with Gasteiger partial charge in [-0.05, 0) is 59.9 Å². The van der Waals surface area contributed by atoms with Gasteiger partial charge in [-0.2, -0.15) is 0 Å². The number of hydrogen-bond acceptors (Lipinski definition) is 7. The van der Waals surface area contributed by atoms with Crippen LogP contribution in [0.25, 0.3) is 11.1 Å². The number of alkyl carbamates (subject to hydrolysis) is 1. The first-order valence-corrected chi connectivity index (χ1v) is 17.6. The fourth-order valence-corrected chi connectivity index (χ4v) is 7.36. The van der Waals surface area contributed by atoms with Gasteiger partial charge in [-0.25, -0.2) is 9.59 Å². The minimum absolute atomic E-state index is 0.0504. The molecule has 0 aromatic heterocycles. The Morgan fingerprint density at radius 2 is 1.56 bits per heavy atom. The topological polar surface area (TPSA) is 143 Å². The zero-order chi connectivity index (χ0) is 34.9. The average Bonchev–Trinajstić information content (AvgIpc) is 3.74. The summed E-state index contributed by atoms with van der Waals surface area (Å²) in [5.41, 5.74) is 4.51. The number of amides is 3. The number of carbonyl (C=O) groups excluding carboxylic acids is 4. The summed E-state index contributed by atoms with van der Waals surface area (Å²) in [6, 6.07) is 23.6. The van der Waals surface area contributed by atoms with Crippen LogP contribution in [0.1, 0.15) is 80.0 Å². The second-order valence-electron chi connectivity index (χ2n) is 13.5. The number of aliphatic hydroxyl groups is 1. The fourth-order valence-electron chi connectivity index (χ4n) is 7.36. The van der Waals surface area contributed by atoms with Crippen molar-refractivity contribution < 1.29 is 33.8 Å². The van der Waals surface area contributed by atoms with Gasteiger partial charge in [-0.3, -0.25) is 9.59 Å². The molecule has 3 aliphatic rings. The molecule has 1 saturated carbocycles. The van der Waals surface area contributed by atoms with E-state index in [1.165, 1.54) is 0 Å². The third-order valence-corrected chi connectivity index (χ3v) is 10.1. The first-order valence-electron chi connectivity index (χ1n) is 17.6. The molecule has 3 aromatic rings. The van der Waals surface area contributed by atoms with E-state index in [0.29, 0.717) is 25.7 Å². The van der Waals surface area contributed by atoms with Gasteiger partial charge < -0.3 is 30.5 Å². The summed E-state index contributed by atoms with van der Waals surface area (Å²) in [6.45, 7) is -0.197. The van der Waals surface area contributed by atoms with E-state index >= 15 is 0 Å². The Hall–Kier alpha value is -4.96. The number of rotatable bonds is 8. The van der Waals surface area contributed by atoms with Crippen LogP contribution < -0.4 is 16.0 Å². The predicted octanol–water partition coefficient (Wildman–Crippen LogP) is 5.46. The van der Waals surface area contributed by atoms with Crippen LogP contribution >= 0.6 is 0 Å². The molecule has 1 heterocycles. The highest BCUT2D eigenvalue weighted by Gasteiger charge is 2.36. The van der Waals surface area contributed by atoms with Crippen molar-refractivity contribution in [3.63, 3.8) is 0 Å². The average molecular weight is 680 g/mol. The summed E-state index contributed by atoms with van der Waals surface area (Å²) in [5.74, 6) is -2.06. The molecule has 0 bridgehead atoms. The lowest BCUT2D eigenvalue weighted by atomic mass is 9.95. The molecule has 10 heteroatoms. The van der Waals surface area contributed by atoms with Gasteiger partial charge in [0.25, 0.3) is 0 Å². The van der Waals surface area contributed by atoms with E-state index < -0.39 is 35.6 Å². The number of benzene rings is 3. The third-order valence-electron chi connectivity index (χ3n) is 10.1. The van der Waals surface area contributed by atoms with E-state index in [2.05, 4.69) is 28.1 Å². The van der Waals surface area contributed by atoms with E-state index in [1.54, 1.807) is 0 Å². The van der Waals surface area contributed by atoms with Gasteiger partial charge in [0.05, 0.1) is 24.1 Å². The first-order chi connectivity index (χ1) is 24.4. The maximum absolute atomic E-state index is 13.7. The normalized spacial score (nSPS) is 22.1. The number of cyclic esters (lactones) is 1. The van der Waals surface area contributed by atoms with Crippen LogP contribution in [0.4, 0.5) is 4.79 Å². The van der Waals surface area contributed by atoms with Crippen LogP contribution in [0.3, 0.4) is 0 Å². The van der Waals surface area contributed by atoms with Crippen LogP contribution in [-0.2, 0) is 23.9 Å². The SMILES string of the molecule is O=C(C[C@H]1CC=CCC[C@H](NC(=O)OCC2c3ccccc3-c3ccccc32)C(=O)OC[C@@H](c2ccccc2)NC1=O)NC1(CO)CCCC1. The van der Waals surface area contributed by atoms with Crippen LogP contribution in [0.2, 0.25) is 0 Å². The van der Waals surface area contributed by atoms with Crippen molar-refractivity contribution in [3.05, 3.63) is 108 Å². The molecule has 262 valence electrons. The van der Waals surface area contributed by atoms with E-state index in [4.69, 9.17) is 9.47 Å². The van der Waals surface area contributed by atoms with Gasteiger partial charge in [-0.15, -0.1) is 0 Å². The molecule has 6 rings (SSSR count). The highest BCUT2D eigenvalue weighted by molar-refractivity contribution is 5.87. The molecule has 0 unspecified atom stereocenters. The predicted molar refractivity (Wildman–Crippen MR) is 188 cm³/mol. The molecule has 4 N–H and O–H groups in total. The number of ether oxygens (including phenoxy) is 2. The van der Waals surface area contributed by atoms with Gasteiger partial charge in [0, 0.05) is 12.3 Å². The summed E-state index contributed by atoms with van der Waals surface area (Å²) < 4.78 is 11.4. The lowest BCUT2D eigenvalue weighted by Crippen LogP contribution is -2.50. The highest BCUT2D eigenvalue weighted by atomic mass is 16.6. The Labute approximate surface area is 292 Å². The molecule has 50 heavy (non-hydrogen) atoms. The Bertz CT molecular complexity index is 1660. The molecular formula is C40H45N3O7. The van der Waals surface area contributed by atoms with Crippen molar-refractivity contribution in [3.8, 4) is 11.1 Å². The maximum atomic E-state index is 13.7. The molecule has 1 fully saturated rings. The summed E-state index contributed by atoms with van der Waals surface area (Å²) in [7, 11) is 0. The zero-order valence-corrected chi connectivity index (χ0v) is 28.1. The summed E-state index contributed by atoms with van der Waals surface area (Å²) in [4.78, 5) is 53.4. The molecule has 1 aliphatic heterocycles. The molecule has 3 aromatic carbocycles. The smallest absolute Gasteiger partial charge is 0.407 e. The van der Waals surface area contributed by atoms with E-state index in [-0.39, 0.29) is 50.4 Å².